The molecule has 6 heteroatoms. The molecule has 0 radical (unpaired) electrons. The molecule has 1 saturated heterocycles. The van der Waals surface area contributed by atoms with Gasteiger partial charge >= 0.3 is 0 Å². The third kappa shape index (κ3) is 4.51. The molecule has 0 aromatic carbocycles. The number of nitrogens with zero attached hydrogens (tertiary/aromatic N) is 2. The van der Waals surface area contributed by atoms with Crippen LogP contribution < -0.4 is 10.7 Å². The maximum atomic E-state index is 12.8. The van der Waals surface area contributed by atoms with Gasteiger partial charge in [0.05, 0.1) is 6.54 Å². The average Bonchev–Trinajstić information content (AvgIpc) is 2.56. The van der Waals surface area contributed by atoms with Crippen LogP contribution in [0.1, 0.15) is 32.6 Å². The van der Waals surface area contributed by atoms with Gasteiger partial charge in [-0.05, 0) is 19.8 Å². The Bertz CT molecular complexity index is 382. The Morgan fingerprint density at radius 1 is 1.18 bits per heavy atom. The van der Waals surface area contributed by atoms with Crippen LogP contribution in [-0.2, 0) is 9.59 Å². The summed E-state index contributed by atoms with van der Waals surface area (Å²) in [5, 5.41) is 5.05. The van der Waals surface area contributed by atoms with Crippen LogP contribution in [0.25, 0.3) is 0 Å². The summed E-state index contributed by atoms with van der Waals surface area (Å²) in [5.41, 5.74) is 3.03. The summed E-state index contributed by atoms with van der Waals surface area (Å²) in [7, 11) is 1.79. The van der Waals surface area contributed by atoms with Crippen molar-refractivity contribution in [3.05, 3.63) is 0 Å². The van der Waals surface area contributed by atoms with Gasteiger partial charge in [-0.3, -0.25) is 19.5 Å². The van der Waals surface area contributed by atoms with Gasteiger partial charge < -0.3 is 5.32 Å². The van der Waals surface area contributed by atoms with Gasteiger partial charge in [-0.15, -0.1) is 0 Å². The monoisotopic (exact) mass is 310 g/mol. The Morgan fingerprint density at radius 3 is 2.41 bits per heavy atom. The first-order chi connectivity index (χ1) is 10.6. The average molecular weight is 310 g/mol. The number of ketones is 1. The van der Waals surface area contributed by atoms with Crippen LogP contribution in [0.3, 0.4) is 0 Å². The lowest BCUT2D eigenvalue weighted by Crippen LogP contribution is -2.52. The van der Waals surface area contributed by atoms with Crippen LogP contribution >= 0.6 is 0 Å². The molecule has 0 aromatic heterocycles. The van der Waals surface area contributed by atoms with Gasteiger partial charge in [0.2, 0.25) is 5.91 Å². The van der Waals surface area contributed by atoms with Crippen LogP contribution in [0.5, 0.6) is 0 Å². The molecule has 2 N–H and O–H groups in total. The quantitative estimate of drug-likeness (QED) is 0.689. The van der Waals surface area contributed by atoms with Gasteiger partial charge in [0.25, 0.3) is 0 Å². The molecule has 2 aliphatic rings. The molecular formula is C16H30N4O2. The summed E-state index contributed by atoms with van der Waals surface area (Å²) in [6, 6.07) is 0. The fourth-order valence-corrected chi connectivity index (χ4v) is 3.62. The van der Waals surface area contributed by atoms with Gasteiger partial charge in [-0.2, -0.15) is 0 Å². The van der Waals surface area contributed by atoms with E-state index in [4.69, 9.17) is 0 Å². The van der Waals surface area contributed by atoms with Crippen molar-refractivity contribution in [2.24, 2.45) is 11.8 Å². The molecule has 6 nitrogen and oxygen atoms in total. The second-order valence-corrected chi connectivity index (χ2v) is 6.41. The highest BCUT2D eigenvalue weighted by Crippen LogP contribution is 2.31. The number of hydrogen-bond acceptors (Lipinski definition) is 5. The molecular weight excluding hydrogens is 280 g/mol. The smallest absolute Gasteiger partial charge is 0.240 e. The van der Waals surface area contributed by atoms with E-state index < -0.39 is 0 Å². The Kier molecular flexibility index (Phi) is 6.79. The fourth-order valence-electron chi connectivity index (χ4n) is 3.62. The van der Waals surface area contributed by atoms with Gasteiger partial charge in [0.1, 0.15) is 5.78 Å². The zero-order valence-corrected chi connectivity index (χ0v) is 13.9. The minimum absolute atomic E-state index is 0.0868. The third-order valence-electron chi connectivity index (χ3n) is 4.99. The first-order valence-corrected chi connectivity index (χ1v) is 8.55. The SMILES string of the molecule is CNN(CCN1CCNCC1)C(=O)[C@H]1CCCC[C@H]1C(C)=O. The molecule has 1 heterocycles. The van der Waals surface area contributed by atoms with Crippen LogP contribution in [0.15, 0.2) is 0 Å². The zero-order chi connectivity index (χ0) is 15.9. The Balaban J connectivity index is 1.90. The van der Waals surface area contributed by atoms with Crippen LogP contribution in [-0.4, -0.2) is 67.9 Å². The van der Waals surface area contributed by atoms with Crippen LogP contribution in [0, 0.1) is 11.8 Å². The highest BCUT2D eigenvalue weighted by atomic mass is 16.2. The molecule has 1 amide bonds. The van der Waals surface area contributed by atoms with Crippen molar-refractivity contribution in [3.63, 3.8) is 0 Å². The molecule has 22 heavy (non-hydrogen) atoms. The number of Topliss-reactive ketones (excluding diaryl/α,β-unsaturated/α-hetero) is 1. The summed E-state index contributed by atoms with van der Waals surface area (Å²) in [5.74, 6) is 0.0340. The Hall–Kier alpha value is -0.980. The van der Waals surface area contributed by atoms with Gasteiger partial charge in [0, 0.05) is 51.6 Å². The Morgan fingerprint density at radius 2 is 1.82 bits per heavy atom. The highest BCUT2D eigenvalue weighted by Gasteiger charge is 2.36. The standard InChI is InChI=1S/C16H30N4O2/c1-13(21)14-5-3-4-6-15(14)16(22)20(17-2)12-11-19-9-7-18-8-10-19/h14-15,17-18H,3-12H2,1-2H3/t14-,15-/m0/s1. The molecule has 126 valence electrons. The number of piperazine rings is 1. The number of hydrazine groups is 1. The zero-order valence-electron chi connectivity index (χ0n) is 13.9. The van der Waals surface area contributed by atoms with Crippen LogP contribution in [0.4, 0.5) is 0 Å². The maximum Gasteiger partial charge on any atom is 0.240 e. The van der Waals surface area contributed by atoms with E-state index in [1.165, 1.54) is 0 Å². The molecule has 0 bridgehead atoms. The molecule has 0 spiro atoms. The Labute approximate surface area is 133 Å². The number of carbonyl (C=O) groups is 2. The number of hydrogen-bond donors (Lipinski definition) is 2. The predicted molar refractivity (Wildman–Crippen MR) is 86.2 cm³/mol. The van der Waals surface area contributed by atoms with E-state index in [-0.39, 0.29) is 23.5 Å². The molecule has 2 atom stereocenters. The van der Waals surface area contributed by atoms with E-state index in [0.29, 0.717) is 6.54 Å². The van der Waals surface area contributed by atoms with E-state index in [2.05, 4.69) is 15.6 Å². The molecule has 0 unspecified atom stereocenters. The molecule has 0 aromatic rings. The van der Waals surface area contributed by atoms with Crippen molar-refractivity contribution in [2.45, 2.75) is 32.6 Å². The summed E-state index contributed by atoms with van der Waals surface area (Å²) in [6.45, 7) is 7.28. The molecule has 1 saturated carbocycles. The van der Waals surface area contributed by atoms with Crippen molar-refractivity contribution in [2.75, 3.05) is 46.3 Å². The van der Waals surface area contributed by atoms with Crippen molar-refractivity contribution in [1.82, 2.24) is 20.7 Å². The minimum atomic E-state index is -0.137. The lowest BCUT2D eigenvalue weighted by atomic mass is 9.76. The van der Waals surface area contributed by atoms with Gasteiger partial charge in [-0.25, -0.2) is 5.43 Å². The van der Waals surface area contributed by atoms with E-state index in [1.807, 2.05) is 0 Å². The number of rotatable bonds is 6. The first kappa shape index (κ1) is 17.4. The summed E-state index contributed by atoms with van der Waals surface area (Å²) in [4.78, 5) is 27.0. The summed E-state index contributed by atoms with van der Waals surface area (Å²) >= 11 is 0. The highest BCUT2D eigenvalue weighted by molar-refractivity contribution is 5.87. The van der Waals surface area contributed by atoms with Gasteiger partial charge in [-0.1, -0.05) is 12.8 Å². The second-order valence-electron chi connectivity index (χ2n) is 6.41. The van der Waals surface area contributed by atoms with Crippen molar-refractivity contribution in [3.8, 4) is 0 Å². The largest absolute Gasteiger partial charge is 0.314 e. The fraction of sp³-hybridized carbons (Fsp3) is 0.875. The molecule has 1 aliphatic heterocycles. The van der Waals surface area contributed by atoms with Crippen molar-refractivity contribution < 1.29 is 9.59 Å². The summed E-state index contributed by atoms with van der Waals surface area (Å²) < 4.78 is 0. The first-order valence-electron chi connectivity index (χ1n) is 8.55. The van der Waals surface area contributed by atoms with Crippen molar-refractivity contribution >= 4 is 11.7 Å². The van der Waals surface area contributed by atoms with Crippen molar-refractivity contribution in [1.29, 1.82) is 0 Å². The van der Waals surface area contributed by atoms with Gasteiger partial charge in [0.15, 0.2) is 0 Å². The maximum absolute atomic E-state index is 12.8. The van der Waals surface area contributed by atoms with E-state index in [9.17, 15) is 9.59 Å². The lowest BCUT2D eigenvalue weighted by Gasteiger charge is -2.35. The number of carbonyl (C=O) groups excluding carboxylic acids is 2. The predicted octanol–water partition coefficient (Wildman–Crippen LogP) is 0.250. The minimum Gasteiger partial charge on any atom is -0.314 e. The lowest BCUT2D eigenvalue weighted by molar-refractivity contribution is -0.145. The summed E-state index contributed by atoms with van der Waals surface area (Å²) in [6.07, 6.45) is 3.82. The van der Waals surface area contributed by atoms with E-state index in [0.717, 1.165) is 58.4 Å². The topological polar surface area (TPSA) is 64.7 Å². The second kappa shape index (κ2) is 8.60. The molecule has 1 aliphatic carbocycles. The van der Waals surface area contributed by atoms with E-state index in [1.54, 1.807) is 19.0 Å². The molecule has 2 rings (SSSR count). The molecule has 2 fully saturated rings. The van der Waals surface area contributed by atoms with Crippen LogP contribution in [0.2, 0.25) is 0 Å². The normalized spacial score (nSPS) is 26.6. The number of amides is 1. The van der Waals surface area contributed by atoms with E-state index >= 15 is 0 Å². The third-order valence-corrected chi connectivity index (χ3v) is 4.99. The number of nitrogens with one attached hydrogen (secondary N) is 2.